The maximum absolute atomic E-state index is 12.8. The van der Waals surface area contributed by atoms with Crippen molar-refractivity contribution in [2.75, 3.05) is 6.54 Å². The molecule has 0 aliphatic carbocycles. The second-order valence-corrected chi connectivity index (χ2v) is 5.10. The second kappa shape index (κ2) is 6.01. The number of benzene rings is 1. The molecule has 1 heterocycles. The van der Waals surface area contributed by atoms with Crippen LogP contribution in [0.15, 0.2) is 45.5 Å². The summed E-state index contributed by atoms with van der Waals surface area (Å²) in [4.78, 5) is 0. The molecule has 2 aromatic rings. The molecule has 0 saturated carbocycles. The summed E-state index contributed by atoms with van der Waals surface area (Å²) in [5.74, 6) is 0.561. The predicted octanol–water partition coefficient (Wildman–Crippen LogP) is 4.76. The van der Waals surface area contributed by atoms with Crippen molar-refractivity contribution in [3.05, 3.63) is 58.0 Å². The second-order valence-electron chi connectivity index (χ2n) is 4.25. The third kappa shape index (κ3) is 3.24. The van der Waals surface area contributed by atoms with Gasteiger partial charge in [0.1, 0.15) is 5.76 Å². The van der Waals surface area contributed by atoms with Crippen LogP contribution in [0.25, 0.3) is 0 Å². The van der Waals surface area contributed by atoms with E-state index in [1.54, 1.807) is 12.1 Å². The smallest absolute Gasteiger partial charge is 0.416 e. The molecule has 108 valence electrons. The Kier molecular flexibility index (Phi) is 4.55. The molecule has 0 aliphatic rings. The fourth-order valence-electron chi connectivity index (χ4n) is 1.97. The molecule has 0 spiro atoms. The molecule has 2 rings (SSSR count). The summed E-state index contributed by atoms with van der Waals surface area (Å²) in [5.41, 5.74) is -0.155. The number of nitrogens with one attached hydrogen (secondary N) is 1. The highest BCUT2D eigenvalue weighted by Gasteiger charge is 2.31. The van der Waals surface area contributed by atoms with Gasteiger partial charge >= 0.3 is 6.18 Å². The first kappa shape index (κ1) is 15.1. The lowest BCUT2D eigenvalue weighted by molar-refractivity contribution is -0.137. The number of halogens is 4. The molecule has 20 heavy (non-hydrogen) atoms. The van der Waals surface area contributed by atoms with Crippen molar-refractivity contribution in [1.82, 2.24) is 5.32 Å². The van der Waals surface area contributed by atoms with Gasteiger partial charge < -0.3 is 9.73 Å². The van der Waals surface area contributed by atoms with Crippen LogP contribution in [0.1, 0.15) is 29.9 Å². The van der Waals surface area contributed by atoms with Gasteiger partial charge in [0, 0.05) is 0 Å². The Balaban J connectivity index is 2.43. The van der Waals surface area contributed by atoms with Crippen LogP contribution in [0.2, 0.25) is 0 Å². The van der Waals surface area contributed by atoms with Crippen LogP contribution in [0.4, 0.5) is 13.2 Å². The quantitative estimate of drug-likeness (QED) is 0.862. The van der Waals surface area contributed by atoms with Crippen molar-refractivity contribution in [2.45, 2.75) is 19.1 Å². The van der Waals surface area contributed by atoms with Gasteiger partial charge in [0.05, 0.1) is 22.3 Å². The minimum atomic E-state index is -4.35. The lowest BCUT2D eigenvalue weighted by Gasteiger charge is -2.18. The first-order valence-electron chi connectivity index (χ1n) is 6.07. The van der Waals surface area contributed by atoms with Crippen LogP contribution in [0.5, 0.6) is 0 Å². The van der Waals surface area contributed by atoms with E-state index in [1.807, 2.05) is 6.92 Å². The van der Waals surface area contributed by atoms with E-state index >= 15 is 0 Å². The summed E-state index contributed by atoms with van der Waals surface area (Å²) in [5, 5.41) is 3.13. The summed E-state index contributed by atoms with van der Waals surface area (Å²) in [6, 6.07) is 6.54. The van der Waals surface area contributed by atoms with E-state index in [0.717, 1.165) is 16.6 Å². The zero-order chi connectivity index (χ0) is 14.8. The first-order chi connectivity index (χ1) is 9.43. The highest BCUT2D eigenvalue weighted by molar-refractivity contribution is 9.10. The fraction of sp³-hybridized carbons (Fsp3) is 0.286. The monoisotopic (exact) mass is 347 g/mol. The lowest BCUT2D eigenvalue weighted by Crippen LogP contribution is -2.22. The first-order valence-corrected chi connectivity index (χ1v) is 6.86. The molecular formula is C14H13BrF3NO. The Morgan fingerprint density at radius 1 is 1.30 bits per heavy atom. The summed E-state index contributed by atoms with van der Waals surface area (Å²) in [6.45, 7) is 2.49. The molecule has 0 bridgehead atoms. The molecule has 1 N–H and O–H groups in total. The normalized spacial score (nSPS) is 13.4. The Hall–Kier alpha value is -1.27. The fourth-order valence-corrected chi connectivity index (χ4v) is 2.40. The number of furan rings is 1. The highest BCUT2D eigenvalue weighted by atomic mass is 79.9. The topological polar surface area (TPSA) is 25.2 Å². The summed E-state index contributed by atoms with van der Waals surface area (Å²) >= 11 is 3.34. The van der Waals surface area contributed by atoms with Crippen LogP contribution in [0.3, 0.4) is 0 Å². The Bertz CT molecular complexity index is 580. The van der Waals surface area contributed by atoms with Crippen molar-refractivity contribution in [3.8, 4) is 0 Å². The Morgan fingerprint density at radius 2 is 2.05 bits per heavy atom. The molecule has 1 unspecified atom stereocenters. The van der Waals surface area contributed by atoms with Gasteiger partial charge in [-0.15, -0.1) is 0 Å². The highest BCUT2D eigenvalue weighted by Crippen LogP contribution is 2.34. The molecule has 0 amide bonds. The van der Waals surface area contributed by atoms with Crippen LogP contribution in [-0.2, 0) is 6.18 Å². The van der Waals surface area contributed by atoms with Crippen LogP contribution < -0.4 is 5.32 Å². The Labute approximate surface area is 123 Å². The molecule has 1 atom stereocenters. The summed E-state index contributed by atoms with van der Waals surface area (Å²) < 4.78 is 44.4. The number of rotatable bonds is 4. The van der Waals surface area contributed by atoms with Gasteiger partial charge in [-0.2, -0.15) is 13.2 Å². The van der Waals surface area contributed by atoms with E-state index in [1.165, 1.54) is 12.3 Å². The molecule has 1 aromatic carbocycles. The average molecular weight is 348 g/mol. The minimum absolute atomic E-state index is 0.424. The van der Waals surface area contributed by atoms with E-state index in [0.29, 0.717) is 17.9 Å². The molecule has 0 fully saturated rings. The molecule has 1 aromatic heterocycles. The average Bonchev–Trinajstić information content (AvgIpc) is 2.81. The third-order valence-electron chi connectivity index (χ3n) is 2.86. The van der Waals surface area contributed by atoms with E-state index in [2.05, 4.69) is 21.2 Å². The van der Waals surface area contributed by atoms with Gasteiger partial charge in [0.25, 0.3) is 0 Å². The predicted molar refractivity (Wildman–Crippen MR) is 73.4 cm³/mol. The molecule has 0 saturated heterocycles. The van der Waals surface area contributed by atoms with E-state index in [-0.39, 0.29) is 0 Å². The van der Waals surface area contributed by atoms with E-state index in [9.17, 15) is 13.2 Å². The van der Waals surface area contributed by atoms with Gasteiger partial charge in [-0.25, -0.2) is 0 Å². The summed E-state index contributed by atoms with van der Waals surface area (Å²) in [6.07, 6.45) is -2.86. The van der Waals surface area contributed by atoms with Crippen molar-refractivity contribution in [1.29, 1.82) is 0 Å². The lowest BCUT2D eigenvalue weighted by atomic mass is 10.0. The van der Waals surface area contributed by atoms with Gasteiger partial charge in [-0.3, -0.25) is 0 Å². The molecule has 6 heteroatoms. The van der Waals surface area contributed by atoms with E-state index in [4.69, 9.17) is 4.42 Å². The minimum Gasteiger partial charge on any atom is -0.466 e. The van der Waals surface area contributed by atoms with Crippen molar-refractivity contribution in [2.24, 2.45) is 0 Å². The van der Waals surface area contributed by atoms with Gasteiger partial charge in [0.15, 0.2) is 0 Å². The maximum atomic E-state index is 12.8. The van der Waals surface area contributed by atoms with Gasteiger partial charge in [-0.05, 0) is 46.2 Å². The maximum Gasteiger partial charge on any atom is 0.416 e. The van der Waals surface area contributed by atoms with Crippen LogP contribution in [-0.4, -0.2) is 6.54 Å². The zero-order valence-corrected chi connectivity index (χ0v) is 12.3. The van der Waals surface area contributed by atoms with E-state index < -0.39 is 17.8 Å². The number of hydrogen-bond donors (Lipinski definition) is 1. The standard InChI is InChI=1S/C14H13BrF3NO/c1-2-19-12(13-11(15)6-7-20-13)9-4-3-5-10(8-9)14(16,17)18/h3-8,12,19H,2H2,1H3. The third-order valence-corrected chi connectivity index (χ3v) is 3.52. The molecular weight excluding hydrogens is 335 g/mol. The van der Waals surface area contributed by atoms with Crippen molar-refractivity contribution < 1.29 is 17.6 Å². The van der Waals surface area contributed by atoms with Crippen LogP contribution >= 0.6 is 15.9 Å². The SMILES string of the molecule is CCNC(c1cccc(C(F)(F)F)c1)c1occc1Br. The summed E-state index contributed by atoms with van der Waals surface area (Å²) in [7, 11) is 0. The van der Waals surface area contributed by atoms with Gasteiger partial charge in [-0.1, -0.05) is 19.1 Å². The largest absolute Gasteiger partial charge is 0.466 e. The van der Waals surface area contributed by atoms with Gasteiger partial charge in [0.2, 0.25) is 0 Å². The molecule has 0 aliphatic heterocycles. The van der Waals surface area contributed by atoms with Crippen molar-refractivity contribution >= 4 is 15.9 Å². The zero-order valence-electron chi connectivity index (χ0n) is 10.7. The number of hydrogen-bond acceptors (Lipinski definition) is 2. The molecule has 2 nitrogen and oxygen atoms in total. The Morgan fingerprint density at radius 3 is 2.60 bits per heavy atom. The number of alkyl halides is 3. The molecule has 0 radical (unpaired) electrons. The van der Waals surface area contributed by atoms with Crippen molar-refractivity contribution in [3.63, 3.8) is 0 Å². The van der Waals surface area contributed by atoms with Crippen LogP contribution in [0, 0.1) is 0 Å².